The molecule has 0 saturated carbocycles. The van der Waals surface area contributed by atoms with Crippen LogP contribution in [-0.4, -0.2) is 54.3 Å². The van der Waals surface area contributed by atoms with Crippen LogP contribution in [0.3, 0.4) is 0 Å². The topological polar surface area (TPSA) is 61.8 Å². The van der Waals surface area contributed by atoms with Gasteiger partial charge in [0, 0.05) is 13.0 Å². The molecular formula is C19H28N2O3. The van der Waals surface area contributed by atoms with Gasteiger partial charge in [-0.15, -0.1) is 0 Å². The van der Waals surface area contributed by atoms with Crippen molar-refractivity contribution in [3.63, 3.8) is 0 Å². The van der Waals surface area contributed by atoms with Crippen LogP contribution in [0.2, 0.25) is 0 Å². The minimum Gasteiger partial charge on any atom is -0.461 e. The molecule has 132 valence electrons. The third-order valence-electron chi connectivity index (χ3n) is 5.15. The minimum atomic E-state index is -0.421. The highest BCUT2D eigenvalue weighted by Crippen LogP contribution is 2.21. The van der Waals surface area contributed by atoms with E-state index in [0.717, 1.165) is 44.5 Å². The van der Waals surface area contributed by atoms with Gasteiger partial charge in [0.15, 0.2) is 0 Å². The molecule has 3 rings (SSSR count). The Morgan fingerprint density at radius 1 is 1.29 bits per heavy atom. The number of hydrogen-bond acceptors (Lipinski definition) is 5. The summed E-state index contributed by atoms with van der Waals surface area (Å²) in [6, 6.07) is 9.72. The Balaban J connectivity index is 1.37. The lowest BCUT2D eigenvalue weighted by Gasteiger charge is -2.33. The summed E-state index contributed by atoms with van der Waals surface area (Å²) in [4.78, 5) is 14.0. The fraction of sp³-hybridized carbons (Fsp3) is 0.632. The number of ether oxygens (including phenoxy) is 1. The number of cyclic esters (lactones) is 1. The number of aliphatic hydroxyl groups is 1. The Labute approximate surface area is 144 Å². The van der Waals surface area contributed by atoms with Crippen molar-refractivity contribution in [2.45, 2.75) is 44.4 Å². The summed E-state index contributed by atoms with van der Waals surface area (Å²) in [5.41, 5.74) is 0.982. The summed E-state index contributed by atoms with van der Waals surface area (Å²) in [7, 11) is 0. The van der Waals surface area contributed by atoms with Crippen LogP contribution in [0.4, 0.5) is 0 Å². The molecule has 2 fully saturated rings. The smallest absolute Gasteiger partial charge is 0.323 e. The van der Waals surface area contributed by atoms with Crippen LogP contribution < -0.4 is 5.32 Å². The van der Waals surface area contributed by atoms with Gasteiger partial charge in [0.2, 0.25) is 0 Å². The number of nitrogens with zero attached hydrogens (tertiary/aromatic N) is 1. The Bertz CT molecular complexity index is 529. The number of aliphatic hydroxyl groups excluding tert-OH is 1. The molecule has 2 aliphatic heterocycles. The molecule has 2 heterocycles. The third kappa shape index (κ3) is 4.56. The van der Waals surface area contributed by atoms with Gasteiger partial charge in [-0.25, -0.2) is 0 Å². The summed E-state index contributed by atoms with van der Waals surface area (Å²) in [6.45, 7) is 5.51. The molecular weight excluding hydrogens is 304 g/mol. The number of nitrogens with one attached hydrogen (secondary N) is 1. The third-order valence-corrected chi connectivity index (χ3v) is 5.15. The first-order valence-electron chi connectivity index (χ1n) is 9.01. The Hall–Kier alpha value is -1.43. The van der Waals surface area contributed by atoms with E-state index in [4.69, 9.17) is 4.74 Å². The summed E-state index contributed by atoms with van der Waals surface area (Å²) in [5, 5.41) is 13.7. The molecule has 0 bridgehead atoms. The largest absolute Gasteiger partial charge is 0.461 e. The molecule has 2 saturated heterocycles. The average molecular weight is 332 g/mol. The Kier molecular flexibility index (Phi) is 5.87. The van der Waals surface area contributed by atoms with Gasteiger partial charge in [0.25, 0.3) is 0 Å². The molecule has 3 atom stereocenters. The van der Waals surface area contributed by atoms with Crippen LogP contribution in [0.25, 0.3) is 0 Å². The molecule has 0 aromatic heterocycles. The molecule has 1 aromatic carbocycles. The van der Waals surface area contributed by atoms with Gasteiger partial charge < -0.3 is 20.1 Å². The molecule has 2 aliphatic rings. The van der Waals surface area contributed by atoms with Crippen LogP contribution >= 0.6 is 0 Å². The summed E-state index contributed by atoms with van der Waals surface area (Å²) in [6.07, 6.45) is 2.60. The normalized spacial score (nSPS) is 27.2. The van der Waals surface area contributed by atoms with Crippen molar-refractivity contribution in [2.24, 2.45) is 5.92 Å². The van der Waals surface area contributed by atoms with Crippen molar-refractivity contribution in [1.82, 2.24) is 10.2 Å². The van der Waals surface area contributed by atoms with Crippen LogP contribution in [-0.2, 0) is 9.53 Å². The summed E-state index contributed by atoms with van der Waals surface area (Å²) in [5.74, 6) is 0.491. The van der Waals surface area contributed by atoms with E-state index in [1.807, 2.05) is 37.3 Å². The first-order valence-corrected chi connectivity index (χ1v) is 9.01. The summed E-state index contributed by atoms with van der Waals surface area (Å²) >= 11 is 0. The monoisotopic (exact) mass is 332 g/mol. The molecule has 24 heavy (non-hydrogen) atoms. The number of piperidine rings is 1. The lowest BCUT2D eigenvalue weighted by Crippen LogP contribution is -2.42. The number of benzene rings is 1. The lowest BCUT2D eigenvalue weighted by atomic mass is 9.95. The maximum Gasteiger partial charge on any atom is 0.323 e. The second-order valence-corrected chi connectivity index (χ2v) is 7.11. The molecule has 5 heteroatoms. The number of carbonyl (C=O) groups is 1. The maximum atomic E-state index is 11.6. The van der Waals surface area contributed by atoms with E-state index in [1.165, 1.54) is 0 Å². The molecule has 5 nitrogen and oxygen atoms in total. The fourth-order valence-corrected chi connectivity index (χ4v) is 3.63. The summed E-state index contributed by atoms with van der Waals surface area (Å²) < 4.78 is 5.18. The van der Waals surface area contributed by atoms with Gasteiger partial charge >= 0.3 is 5.97 Å². The second-order valence-electron chi connectivity index (χ2n) is 7.11. The van der Waals surface area contributed by atoms with E-state index in [1.54, 1.807) is 0 Å². The first-order chi connectivity index (χ1) is 11.6. The Morgan fingerprint density at radius 3 is 2.62 bits per heavy atom. The van der Waals surface area contributed by atoms with Gasteiger partial charge in [0.1, 0.15) is 12.1 Å². The van der Waals surface area contributed by atoms with Gasteiger partial charge in [0.05, 0.1) is 6.10 Å². The number of carbonyl (C=O) groups excluding carboxylic acids is 1. The van der Waals surface area contributed by atoms with Gasteiger partial charge in [-0.05, 0) is 50.9 Å². The number of β-amino-alcohol motifs (C(OH)–C–C–N with tert-alkyl or cyclic N) is 1. The van der Waals surface area contributed by atoms with Gasteiger partial charge in [-0.2, -0.15) is 0 Å². The average Bonchev–Trinajstić information content (AvgIpc) is 2.92. The molecule has 0 radical (unpaired) electrons. The maximum absolute atomic E-state index is 11.6. The number of likely N-dealkylation sites (tertiary alicyclic amines) is 1. The van der Waals surface area contributed by atoms with Crippen LogP contribution in [0, 0.1) is 5.92 Å². The zero-order valence-electron chi connectivity index (χ0n) is 14.4. The van der Waals surface area contributed by atoms with Crippen molar-refractivity contribution in [1.29, 1.82) is 0 Å². The highest BCUT2D eigenvalue weighted by molar-refractivity contribution is 5.77. The van der Waals surface area contributed by atoms with Crippen molar-refractivity contribution in [3.8, 4) is 0 Å². The van der Waals surface area contributed by atoms with E-state index >= 15 is 0 Å². The number of rotatable bonds is 6. The minimum absolute atomic E-state index is 0.0383. The van der Waals surface area contributed by atoms with E-state index in [2.05, 4.69) is 10.2 Å². The number of hydrogen-bond donors (Lipinski definition) is 2. The van der Waals surface area contributed by atoms with Crippen LogP contribution in [0.5, 0.6) is 0 Å². The zero-order valence-corrected chi connectivity index (χ0v) is 14.4. The lowest BCUT2D eigenvalue weighted by molar-refractivity contribution is -0.142. The standard InChI is InChI=1S/C19H28N2O3/c1-14-11-17(19(23)24-14)20-12-15-7-9-21(10-8-15)13-18(22)16-5-3-2-4-6-16/h2-6,14-15,17-18,20,22H,7-13H2,1H3/t14-,17+,18+/m1/s1. The SMILES string of the molecule is C[C@@H]1C[C@H](NCC2CCN(C[C@H](O)c3ccccc3)CC2)C(=O)O1. The zero-order chi connectivity index (χ0) is 16.9. The highest BCUT2D eigenvalue weighted by Gasteiger charge is 2.32. The van der Waals surface area contributed by atoms with Crippen LogP contribution in [0.15, 0.2) is 30.3 Å². The molecule has 0 unspecified atom stereocenters. The van der Waals surface area contributed by atoms with Crippen LogP contribution in [0.1, 0.15) is 37.9 Å². The molecule has 0 spiro atoms. The quantitative estimate of drug-likeness (QED) is 0.777. The van der Waals surface area contributed by atoms with E-state index in [9.17, 15) is 9.90 Å². The van der Waals surface area contributed by atoms with Gasteiger partial charge in [-0.3, -0.25) is 4.79 Å². The predicted molar refractivity (Wildman–Crippen MR) is 92.5 cm³/mol. The number of esters is 1. The van der Waals surface area contributed by atoms with Crippen molar-refractivity contribution < 1.29 is 14.6 Å². The van der Waals surface area contributed by atoms with Crippen molar-refractivity contribution in [3.05, 3.63) is 35.9 Å². The fourth-order valence-electron chi connectivity index (χ4n) is 3.63. The van der Waals surface area contributed by atoms with Gasteiger partial charge in [-0.1, -0.05) is 30.3 Å². The predicted octanol–water partition coefficient (Wildman–Crippen LogP) is 1.73. The molecule has 0 amide bonds. The molecule has 1 aromatic rings. The van der Waals surface area contributed by atoms with E-state index in [0.29, 0.717) is 12.5 Å². The molecule has 0 aliphatic carbocycles. The highest BCUT2D eigenvalue weighted by atomic mass is 16.6. The van der Waals surface area contributed by atoms with Crippen molar-refractivity contribution in [2.75, 3.05) is 26.2 Å². The first kappa shape index (κ1) is 17.4. The van der Waals surface area contributed by atoms with E-state index in [-0.39, 0.29) is 18.1 Å². The molecule has 2 N–H and O–H groups in total. The van der Waals surface area contributed by atoms with E-state index < -0.39 is 6.10 Å². The second kappa shape index (κ2) is 8.10. The Morgan fingerprint density at radius 2 is 2.00 bits per heavy atom. The van der Waals surface area contributed by atoms with Crippen molar-refractivity contribution >= 4 is 5.97 Å².